The predicted octanol–water partition coefficient (Wildman–Crippen LogP) is 2.93. The third-order valence-corrected chi connectivity index (χ3v) is 3.80. The number of benzene rings is 1. The summed E-state index contributed by atoms with van der Waals surface area (Å²) >= 11 is 4.83. The monoisotopic (exact) mass is 311 g/mol. The van der Waals surface area contributed by atoms with Crippen LogP contribution in [0.4, 0.5) is 0 Å². The minimum Gasteiger partial charge on any atom is -0.294 e. The number of hydrogen-bond acceptors (Lipinski definition) is 4. The third kappa shape index (κ3) is 2.76. The van der Waals surface area contributed by atoms with Gasteiger partial charge in [0.05, 0.1) is 0 Å². The van der Waals surface area contributed by atoms with E-state index in [1.165, 1.54) is 18.1 Å². The van der Waals surface area contributed by atoms with E-state index in [4.69, 9.17) is 0 Å². The number of halogens is 1. The number of ketones is 1. The molecule has 1 heterocycles. The van der Waals surface area contributed by atoms with E-state index in [9.17, 15) is 4.79 Å². The van der Waals surface area contributed by atoms with Gasteiger partial charge < -0.3 is 0 Å². The van der Waals surface area contributed by atoms with Gasteiger partial charge in [0, 0.05) is 22.0 Å². The summed E-state index contributed by atoms with van der Waals surface area (Å²) in [7, 11) is 1.82. The van der Waals surface area contributed by atoms with Crippen molar-refractivity contribution in [3.05, 3.63) is 34.6 Å². The zero-order chi connectivity index (χ0) is 12.4. The van der Waals surface area contributed by atoms with Crippen molar-refractivity contribution in [3.63, 3.8) is 0 Å². The van der Waals surface area contributed by atoms with Gasteiger partial charge in [0.1, 0.15) is 6.33 Å². The third-order valence-electron chi connectivity index (χ3n) is 2.19. The van der Waals surface area contributed by atoms with E-state index in [1.54, 1.807) is 11.6 Å². The quantitative estimate of drug-likeness (QED) is 0.818. The van der Waals surface area contributed by atoms with Gasteiger partial charge in [0.25, 0.3) is 0 Å². The van der Waals surface area contributed by atoms with Crippen LogP contribution in [0.25, 0.3) is 0 Å². The molecule has 0 aliphatic heterocycles. The standard InChI is InChI=1S/C11H10BrN3OS/c1-7(16)9-4-3-8(12)5-10(9)17-11-13-6-14-15(11)2/h3-6H,1-2H3. The second kappa shape index (κ2) is 5.01. The van der Waals surface area contributed by atoms with Crippen LogP contribution in [0.2, 0.25) is 0 Å². The van der Waals surface area contributed by atoms with Gasteiger partial charge in [-0.2, -0.15) is 5.10 Å². The summed E-state index contributed by atoms with van der Waals surface area (Å²) in [6, 6.07) is 5.58. The lowest BCUT2D eigenvalue weighted by atomic mass is 10.1. The molecule has 17 heavy (non-hydrogen) atoms. The molecule has 0 saturated heterocycles. The number of nitrogens with zero attached hydrogens (tertiary/aromatic N) is 3. The maximum atomic E-state index is 11.5. The Morgan fingerprint density at radius 2 is 2.24 bits per heavy atom. The largest absolute Gasteiger partial charge is 0.294 e. The maximum Gasteiger partial charge on any atom is 0.190 e. The fraction of sp³-hybridized carbons (Fsp3) is 0.182. The van der Waals surface area contributed by atoms with Crippen molar-refractivity contribution in [2.24, 2.45) is 7.05 Å². The number of aryl methyl sites for hydroxylation is 1. The number of carbonyl (C=O) groups excluding carboxylic acids is 1. The average Bonchev–Trinajstić information content (AvgIpc) is 2.64. The predicted molar refractivity (Wildman–Crippen MR) is 69.3 cm³/mol. The molecule has 0 spiro atoms. The Labute approximate surface area is 112 Å². The van der Waals surface area contributed by atoms with Crippen molar-refractivity contribution in [3.8, 4) is 0 Å². The lowest BCUT2D eigenvalue weighted by Gasteiger charge is -2.06. The highest BCUT2D eigenvalue weighted by Crippen LogP contribution is 2.31. The summed E-state index contributed by atoms with van der Waals surface area (Å²) in [4.78, 5) is 16.5. The molecule has 0 amide bonds. The topological polar surface area (TPSA) is 47.8 Å². The molecule has 0 fully saturated rings. The molecule has 0 radical (unpaired) electrons. The SMILES string of the molecule is CC(=O)c1ccc(Br)cc1Sc1ncnn1C. The van der Waals surface area contributed by atoms with Gasteiger partial charge in [0.15, 0.2) is 10.9 Å². The summed E-state index contributed by atoms with van der Waals surface area (Å²) in [5.74, 6) is 0.0437. The number of Topliss-reactive ketones (excluding diaryl/α,β-unsaturated/α-hetero) is 1. The number of hydrogen-bond donors (Lipinski definition) is 0. The van der Waals surface area contributed by atoms with Crippen LogP contribution >= 0.6 is 27.7 Å². The van der Waals surface area contributed by atoms with Crippen LogP contribution in [0.1, 0.15) is 17.3 Å². The number of carbonyl (C=O) groups is 1. The second-order valence-electron chi connectivity index (χ2n) is 3.46. The van der Waals surface area contributed by atoms with Crippen LogP contribution in [0.5, 0.6) is 0 Å². The molecule has 4 nitrogen and oxygen atoms in total. The van der Waals surface area contributed by atoms with Crippen LogP contribution in [-0.4, -0.2) is 20.5 Å². The van der Waals surface area contributed by atoms with Gasteiger partial charge in [-0.1, -0.05) is 15.9 Å². The molecule has 1 aromatic carbocycles. The fourth-order valence-electron chi connectivity index (χ4n) is 1.35. The molecule has 88 valence electrons. The minimum atomic E-state index is 0.0437. The van der Waals surface area contributed by atoms with Crippen LogP contribution in [0, 0.1) is 0 Å². The lowest BCUT2D eigenvalue weighted by Crippen LogP contribution is -1.97. The van der Waals surface area contributed by atoms with Gasteiger partial charge in [-0.05, 0) is 36.9 Å². The molecule has 0 saturated carbocycles. The molecule has 6 heteroatoms. The van der Waals surface area contributed by atoms with E-state index < -0.39 is 0 Å². The molecular weight excluding hydrogens is 302 g/mol. The zero-order valence-electron chi connectivity index (χ0n) is 9.35. The Morgan fingerprint density at radius 3 is 2.82 bits per heavy atom. The fourth-order valence-corrected chi connectivity index (χ4v) is 2.84. The van der Waals surface area contributed by atoms with E-state index in [0.717, 1.165) is 14.5 Å². The van der Waals surface area contributed by atoms with Crippen molar-refractivity contribution < 1.29 is 4.79 Å². The molecule has 2 aromatic rings. The highest BCUT2D eigenvalue weighted by molar-refractivity contribution is 9.10. The van der Waals surface area contributed by atoms with Gasteiger partial charge >= 0.3 is 0 Å². The molecular formula is C11H10BrN3OS. The highest BCUT2D eigenvalue weighted by atomic mass is 79.9. The summed E-state index contributed by atoms with van der Waals surface area (Å²) in [5, 5.41) is 4.75. The van der Waals surface area contributed by atoms with Crippen LogP contribution in [-0.2, 0) is 7.05 Å². The Bertz CT molecular complexity index is 568. The maximum absolute atomic E-state index is 11.5. The summed E-state index contributed by atoms with van der Waals surface area (Å²) < 4.78 is 2.61. The van der Waals surface area contributed by atoms with Crippen molar-refractivity contribution >= 4 is 33.5 Å². The van der Waals surface area contributed by atoms with E-state index >= 15 is 0 Å². The Kier molecular flexibility index (Phi) is 3.63. The summed E-state index contributed by atoms with van der Waals surface area (Å²) in [6.45, 7) is 1.56. The average molecular weight is 312 g/mol. The van der Waals surface area contributed by atoms with E-state index in [-0.39, 0.29) is 5.78 Å². The first-order valence-corrected chi connectivity index (χ1v) is 6.51. The first-order chi connectivity index (χ1) is 8.08. The van der Waals surface area contributed by atoms with Gasteiger partial charge in [0.2, 0.25) is 0 Å². The van der Waals surface area contributed by atoms with Gasteiger partial charge in [-0.25, -0.2) is 9.67 Å². The Balaban J connectivity index is 2.41. The summed E-state index contributed by atoms with van der Waals surface area (Å²) in [6.07, 6.45) is 1.49. The van der Waals surface area contributed by atoms with Gasteiger partial charge in [-0.15, -0.1) is 0 Å². The molecule has 0 unspecified atom stereocenters. The van der Waals surface area contributed by atoms with Gasteiger partial charge in [-0.3, -0.25) is 4.79 Å². The van der Waals surface area contributed by atoms with E-state index in [2.05, 4.69) is 26.0 Å². The van der Waals surface area contributed by atoms with Crippen LogP contribution < -0.4 is 0 Å². The smallest absolute Gasteiger partial charge is 0.190 e. The van der Waals surface area contributed by atoms with Crippen LogP contribution in [0.15, 0.2) is 39.1 Å². The molecule has 0 aliphatic rings. The Morgan fingerprint density at radius 1 is 1.47 bits per heavy atom. The number of rotatable bonds is 3. The number of aromatic nitrogens is 3. The molecule has 0 N–H and O–H groups in total. The first kappa shape index (κ1) is 12.3. The molecule has 0 bridgehead atoms. The molecule has 1 aromatic heterocycles. The highest BCUT2D eigenvalue weighted by Gasteiger charge is 2.11. The second-order valence-corrected chi connectivity index (χ2v) is 5.39. The zero-order valence-corrected chi connectivity index (χ0v) is 11.7. The van der Waals surface area contributed by atoms with Crippen molar-refractivity contribution in [2.45, 2.75) is 17.0 Å². The van der Waals surface area contributed by atoms with Crippen molar-refractivity contribution in [1.82, 2.24) is 14.8 Å². The molecule has 0 aliphatic carbocycles. The van der Waals surface area contributed by atoms with E-state index in [0.29, 0.717) is 5.56 Å². The van der Waals surface area contributed by atoms with Crippen molar-refractivity contribution in [1.29, 1.82) is 0 Å². The normalized spacial score (nSPS) is 10.5. The summed E-state index contributed by atoms with van der Waals surface area (Å²) in [5.41, 5.74) is 0.696. The van der Waals surface area contributed by atoms with E-state index in [1.807, 2.05) is 25.2 Å². The molecule has 2 rings (SSSR count). The lowest BCUT2D eigenvalue weighted by molar-refractivity contribution is 0.101. The first-order valence-electron chi connectivity index (χ1n) is 4.90. The van der Waals surface area contributed by atoms with Crippen molar-refractivity contribution in [2.75, 3.05) is 0 Å². The minimum absolute atomic E-state index is 0.0437. The molecule has 0 atom stereocenters. The Hall–Kier alpha value is -1.14. The van der Waals surface area contributed by atoms with Crippen LogP contribution in [0.3, 0.4) is 0 Å².